The maximum Gasteiger partial charge on any atom is 0.243 e. The maximum absolute atomic E-state index is 12.7. The average Bonchev–Trinajstić information content (AvgIpc) is 2.71. The number of hydrogen-bond acceptors (Lipinski definition) is 2. The molecule has 1 fully saturated rings. The van der Waals surface area contributed by atoms with E-state index in [9.17, 15) is 9.59 Å². The van der Waals surface area contributed by atoms with Gasteiger partial charge in [0.1, 0.15) is 0 Å². The smallest absolute Gasteiger partial charge is 0.243 e. The highest BCUT2D eigenvalue weighted by atomic mass is 16.2. The second-order valence-electron chi connectivity index (χ2n) is 8.10. The summed E-state index contributed by atoms with van der Waals surface area (Å²) in [6.07, 6.45) is 11.0. The molecule has 0 bridgehead atoms. The van der Waals surface area contributed by atoms with Crippen molar-refractivity contribution in [3.8, 4) is 0 Å². The molecule has 4 heteroatoms. The number of amides is 2. The van der Waals surface area contributed by atoms with E-state index in [-0.39, 0.29) is 17.9 Å². The van der Waals surface area contributed by atoms with Gasteiger partial charge in [-0.15, -0.1) is 0 Å². The molecular weight excluding hydrogens is 336 g/mol. The van der Waals surface area contributed by atoms with Crippen LogP contribution in [-0.4, -0.2) is 24.4 Å². The fourth-order valence-corrected chi connectivity index (χ4v) is 4.63. The summed E-state index contributed by atoms with van der Waals surface area (Å²) in [4.78, 5) is 24.3. The molecule has 3 rings (SSSR count). The fraction of sp³-hybridized carbons (Fsp3) is 0.565. The third-order valence-corrected chi connectivity index (χ3v) is 6.17. The monoisotopic (exact) mass is 368 g/mol. The molecule has 27 heavy (non-hydrogen) atoms. The number of rotatable bonds is 7. The highest BCUT2D eigenvalue weighted by Crippen LogP contribution is 2.29. The Morgan fingerprint density at radius 3 is 2.59 bits per heavy atom. The van der Waals surface area contributed by atoms with Crippen molar-refractivity contribution in [3.05, 3.63) is 48.0 Å². The quantitative estimate of drug-likeness (QED) is 0.723. The predicted octanol–water partition coefficient (Wildman–Crippen LogP) is 3.55. The molecule has 0 heterocycles. The van der Waals surface area contributed by atoms with Gasteiger partial charge in [-0.3, -0.25) is 9.59 Å². The average molecular weight is 369 g/mol. The normalized spacial score (nSPS) is 21.0. The van der Waals surface area contributed by atoms with Crippen LogP contribution in [0.3, 0.4) is 0 Å². The summed E-state index contributed by atoms with van der Waals surface area (Å²) in [7, 11) is 0. The Balaban J connectivity index is 1.55. The highest BCUT2D eigenvalue weighted by Gasteiger charge is 2.27. The zero-order valence-corrected chi connectivity index (χ0v) is 16.2. The topological polar surface area (TPSA) is 58.2 Å². The Hall–Kier alpha value is -2.10. The van der Waals surface area contributed by atoms with Gasteiger partial charge in [0.15, 0.2) is 0 Å². The number of nitrogens with one attached hydrogen (secondary N) is 2. The lowest BCUT2D eigenvalue weighted by Gasteiger charge is -2.32. The van der Waals surface area contributed by atoms with Crippen molar-refractivity contribution >= 4 is 11.8 Å². The van der Waals surface area contributed by atoms with E-state index in [1.807, 2.05) is 0 Å². The maximum atomic E-state index is 12.7. The number of carbonyl (C=O) groups is 2. The second-order valence-corrected chi connectivity index (χ2v) is 8.10. The third kappa shape index (κ3) is 5.69. The lowest BCUT2D eigenvalue weighted by atomic mass is 9.81. The molecule has 1 saturated carbocycles. The summed E-state index contributed by atoms with van der Waals surface area (Å²) in [5.41, 5.74) is 2.82. The lowest BCUT2D eigenvalue weighted by Crippen LogP contribution is -2.48. The molecule has 0 radical (unpaired) electrons. The lowest BCUT2D eigenvalue weighted by molar-refractivity contribution is -0.124. The van der Waals surface area contributed by atoms with Gasteiger partial charge in [-0.05, 0) is 61.1 Å². The minimum atomic E-state index is -0.172. The molecule has 4 nitrogen and oxygen atoms in total. The molecule has 2 aliphatic rings. The van der Waals surface area contributed by atoms with Crippen molar-refractivity contribution in [2.75, 3.05) is 6.54 Å². The van der Waals surface area contributed by atoms with Crippen LogP contribution in [0.25, 0.3) is 0 Å². The summed E-state index contributed by atoms with van der Waals surface area (Å²) in [6, 6.07) is 8.60. The van der Waals surface area contributed by atoms with Crippen LogP contribution in [-0.2, 0) is 22.4 Å². The summed E-state index contributed by atoms with van der Waals surface area (Å²) in [6.45, 7) is 4.00. The van der Waals surface area contributed by atoms with Crippen LogP contribution in [0.4, 0.5) is 0 Å². The first kappa shape index (κ1) is 19.7. The van der Waals surface area contributed by atoms with Gasteiger partial charge >= 0.3 is 0 Å². The van der Waals surface area contributed by atoms with Crippen molar-refractivity contribution in [3.63, 3.8) is 0 Å². The Kier molecular flexibility index (Phi) is 7.08. The van der Waals surface area contributed by atoms with Crippen LogP contribution in [0.2, 0.25) is 0 Å². The molecule has 146 valence electrons. The Bertz CT molecular complexity index is 664. The number of benzene rings is 1. The molecule has 0 aromatic heterocycles. The summed E-state index contributed by atoms with van der Waals surface area (Å²) in [5, 5.41) is 6.13. The van der Waals surface area contributed by atoms with Gasteiger partial charge in [-0.1, -0.05) is 50.1 Å². The van der Waals surface area contributed by atoms with E-state index in [2.05, 4.69) is 41.5 Å². The molecule has 2 aliphatic carbocycles. The number of hydrogen-bond donors (Lipinski definition) is 2. The minimum Gasteiger partial charge on any atom is -0.351 e. The van der Waals surface area contributed by atoms with E-state index in [0.29, 0.717) is 24.8 Å². The standard InChI is InChI=1S/C23H32N2O2/c1-2-22(26)24-16-21(19-9-4-3-5-10-19)25-23(27)15-17-12-13-18-8-6-7-11-20(18)14-17/h2,6-8,11,17,19,21H,1,3-5,9-10,12-16H2,(H,24,26)(H,25,27). The molecular formula is C23H32N2O2. The largest absolute Gasteiger partial charge is 0.351 e. The van der Waals surface area contributed by atoms with Crippen LogP contribution in [0.1, 0.15) is 56.1 Å². The van der Waals surface area contributed by atoms with Crippen molar-refractivity contribution in [1.29, 1.82) is 0 Å². The van der Waals surface area contributed by atoms with Crippen molar-refractivity contribution in [2.45, 2.75) is 63.8 Å². The molecule has 2 amide bonds. The first-order valence-corrected chi connectivity index (χ1v) is 10.4. The van der Waals surface area contributed by atoms with Gasteiger partial charge < -0.3 is 10.6 Å². The van der Waals surface area contributed by atoms with Crippen molar-refractivity contribution < 1.29 is 9.59 Å². The minimum absolute atomic E-state index is 0.0255. The SMILES string of the molecule is C=CC(=O)NCC(NC(=O)CC1CCc2ccccc2C1)C1CCCCC1. The van der Waals surface area contributed by atoms with E-state index in [4.69, 9.17) is 0 Å². The van der Waals surface area contributed by atoms with Crippen LogP contribution in [0.5, 0.6) is 0 Å². The van der Waals surface area contributed by atoms with Crippen LogP contribution in [0, 0.1) is 11.8 Å². The summed E-state index contributed by atoms with van der Waals surface area (Å²) < 4.78 is 0. The molecule has 1 aromatic carbocycles. The van der Waals surface area contributed by atoms with Crippen molar-refractivity contribution in [2.24, 2.45) is 11.8 Å². The van der Waals surface area contributed by atoms with E-state index in [0.717, 1.165) is 32.1 Å². The Morgan fingerprint density at radius 2 is 1.85 bits per heavy atom. The summed E-state index contributed by atoms with van der Waals surface area (Å²) >= 11 is 0. The van der Waals surface area contributed by atoms with Gasteiger partial charge in [0.25, 0.3) is 0 Å². The van der Waals surface area contributed by atoms with Gasteiger partial charge in [0.05, 0.1) is 0 Å². The van der Waals surface area contributed by atoms with Crippen LogP contribution in [0.15, 0.2) is 36.9 Å². The number of aryl methyl sites for hydroxylation is 1. The van der Waals surface area contributed by atoms with Gasteiger partial charge in [0, 0.05) is 19.0 Å². The second kappa shape index (κ2) is 9.72. The predicted molar refractivity (Wildman–Crippen MR) is 108 cm³/mol. The Morgan fingerprint density at radius 1 is 1.11 bits per heavy atom. The number of fused-ring (bicyclic) bond motifs is 1. The molecule has 0 saturated heterocycles. The zero-order chi connectivity index (χ0) is 19.1. The van der Waals surface area contributed by atoms with Gasteiger partial charge in [-0.25, -0.2) is 0 Å². The van der Waals surface area contributed by atoms with Crippen LogP contribution >= 0.6 is 0 Å². The van der Waals surface area contributed by atoms with E-state index in [1.165, 1.54) is 36.5 Å². The Labute approximate surface area is 162 Å². The third-order valence-electron chi connectivity index (χ3n) is 6.17. The van der Waals surface area contributed by atoms with Gasteiger partial charge in [-0.2, -0.15) is 0 Å². The highest BCUT2D eigenvalue weighted by molar-refractivity contribution is 5.86. The first-order chi connectivity index (χ1) is 13.2. The van der Waals surface area contributed by atoms with E-state index < -0.39 is 0 Å². The molecule has 0 spiro atoms. The van der Waals surface area contributed by atoms with Crippen molar-refractivity contribution in [1.82, 2.24) is 10.6 Å². The van der Waals surface area contributed by atoms with E-state index in [1.54, 1.807) is 0 Å². The molecule has 1 aromatic rings. The van der Waals surface area contributed by atoms with Crippen LogP contribution < -0.4 is 10.6 Å². The first-order valence-electron chi connectivity index (χ1n) is 10.4. The summed E-state index contributed by atoms with van der Waals surface area (Å²) in [5.74, 6) is 0.825. The molecule has 2 atom stereocenters. The molecule has 2 N–H and O–H groups in total. The number of carbonyl (C=O) groups excluding carboxylic acids is 2. The molecule has 0 aliphatic heterocycles. The van der Waals surface area contributed by atoms with E-state index >= 15 is 0 Å². The fourth-order valence-electron chi connectivity index (χ4n) is 4.63. The van der Waals surface area contributed by atoms with Gasteiger partial charge in [0.2, 0.25) is 11.8 Å². The zero-order valence-electron chi connectivity index (χ0n) is 16.2. The molecule has 2 unspecified atom stereocenters.